The van der Waals surface area contributed by atoms with Crippen LogP contribution in [0.4, 0.5) is 21.9 Å². The number of carbonyl (C=O) groups is 3. The van der Waals surface area contributed by atoms with Crippen LogP contribution in [-0.4, -0.2) is 50.2 Å². The van der Waals surface area contributed by atoms with Gasteiger partial charge in [0.05, 0.1) is 17.9 Å². The number of rotatable bonds is 7. The number of nitrogens with zero attached hydrogens (tertiary/aromatic N) is 3. The van der Waals surface area contributed by atoms with E-state index in [1.807, 2.05) is 91.8 Å². The summed E-state index contributed by atoms with van der Waals surface area (Å²) in [5.74, 6) is -0.444. The molecule has 0 unspecified atom stereocenters. The molecule has 0 bridgehead atoms. The summed E-state index contributed by atoms with van der Waals surface area (Å²) in [6.07, 6.45) is 2.54. The van der Waals surface area contributed by atoms with Crippen LogP contribution < -0.4 is 20.4 Å². The van der Waals surface area contributed by atoms with E-state index in [0.29, 0.717) is 17.1 Å². The SMILES string of the molecule is CN(C)c1cccc(NC(=O)N[C@@H]2N=C(c3ccccc3)c3ccccc3N(CC(=O)C3CCCC3)C2=O)c1. The topological polar surface area (TPSA) is 94.1 Å². The predicted octanol–water partition coefficient (Wildman–Crippen LogP) is 4.84. The van der Waals surface area contributed by atoms with E-state index >= 15 is 0 Å². The number of benzodiazepines with no additional fused rings is 1. The van der Waals surface area contributed by atoms with Gasteiger partial charge in [-0.1, -0.05) is 67.4 Å². The molecule has 3 amide bonds. The summed E-state index contributed by atoms with van der Waals surface area (Å²) in [5, 5.41) is 5.58. The summed E-state index contributed by atoms with van der Waals surface area (Å²) < 4.78 is 0. The Labute approximate surface area is 228 Å². The van der Waals surface area contributed by atoms with Gasteiger partial charge in [0.2, 0.25) is 6.17 Å². The van der Waals surface area contributed by atoms with Crippen LogP contribution in [0.25, 0.3) is 0 Å². The largest absolute Gasteiger partial charge is 0.378 e. The van der Waals surface area contributed by atoms with Gasteiger partial charge in [-0.2, -0.15) is 0 Å². The van der Waals surface area contributed by atoms with Crippen LogP contribution in [0, 0.1) is 5.92 Å². The Hall–Kier alpha value is -4.46. The summed E-state index contributed by atoms with van der Waals surface area (Å²) in [6, 6.07) is 23.9. The Morgan fingerprint density at radius 3 is 2.41 bits per heavy atom. The van der Waals surface area contributed by atoms with E-state index in [9.17, 15) is 14.4 Å². The van der Waals surface area contributed by atoms with Crippen molar-refractivity contribution in [3.8, 4) is 0 Å². The van der Waals surface area contributed by atoms with Crippen molar-refractivity contribution in [2.45, 2.75) is 31.8 Å². The lowest BCUT2D eigenvalue weighted by Crippen LogP contribution is -2.50. The Morgan fingerprint density at radius 2 is 1.67 bits per heavy atom. The summed E-state index contributed by atoms with van der Waals surface area (Å²) in [7, 11) is 3.84. The van der Waals surface area contributed by atoms with Gasteiger partial charge in [0.1, 0.15) is 0 Å². The molecule has 2 aliphatic rings. The number of Topliss-reactive ketones (excluding diaryl/α,β-unsaturated/α-hetero) is 1. The van der Waals surface area contributed by atoms with Crippen molar-refractivity contribution >= 4 is 40.5 Å². The molecule has 5 rings (SSSR count). The van der Waals surface area contributed by atoms with E-state index in [4.69, 9.17) is 4.99 Å². The number of ketones is 1. The number of benzene rings is 3. The molecule has 3 aromatic rings. The maximum Gasteiger partial charge on any atom is 0.321 e. The zero-order chi connectivity index (χ0) is 27.4. The molecule has 1 atom stereocenters. The number of nitrogens with one attached hydrogen (secondary N) is 2. The van der Waals surface area contributed by atoms with Gasteiger partial charge < -0.3 is 20.4 Å². The normalized spacial score (nSPS) is 17.2. The van der Waals surface area contributed by atoms with E-state index in [1.54, 1.807) is 6.07 Å². The van der Waals surface area contributed by atoms with Crippen molar-refractivity contribution in [3.63, 3.8) is 0 Å². The third-order valence-electron chi connectivity index (χ3n) is 7.27. The number of aliphatic imine (C=N–C) groups is 1. The highest BCUT2D eigenvalue weighted by molar-refractivity contribution is 6.21. The average molecular weight is 524 g/mol. The summed E-state index contributed by atoms with van der Waals surface area (Å²) in [5.41, 5.74) is 4.25. The van der Waals surface area contributed by atoms with E-state index in [0.717, 1.165) is 42.5 Å². The molecule has 8 nitrogen and oxygen atoms in total. The Balaban J connectivity index is 1.49. The molecule has 0 radical (unpaired) electrons. The minimum atomic E-state index is -1.22. The predicted molar refractivity (Wildman–Crippen MR) is 155 cm³/mol. The summed E-state index contributed by atoms with van der Waals surface area (Å²) in [6.45, 7) is -0.0528. The molecule has 200 valence electrons. The van der Waals surface area contributed by atoms with Gasteiger partial charge in [-0.05, 0) is 37.1 Å². The molecule has 1 heterocycles. The van der Waals surface area contributed by atoms with Crippen molar-refractivity contribution in [2.24, 2.45) is 10.9 Å². The highest BCUT2D eigenvalue weighted by Crippen LogP contribution is 2.31. The highest BCUT2D eigenvalue weighted by atomic mass is 16.2. The van der Waals surface area contributed by atoms with E-state index in [-0.39, 0.29) is 18.2 Å². The molecule has 1 aliphatic carbocycles. The fourth-order valence-corrected chi connectivity index (χ4v) is 5.20. The highest BCUT2D eigenvalue weighted by Gasteiger charge is 2.35. The number of hydrogen-bond acceptors (Lipinski definition) is 5. The van der Waals surface area contributed by atoms with Crippen LogP contribution >= 0.6 is 0 Å². The third-order valence-corrected chi connectivity index (χ3v) is 7.27. The number of anilines is 3. The molecular formula is C31H33N5O3. The van der Waals surface area contributed by atoms with Gasteiger partial charge in [0.15, 0.2) is 5.78 Å². The number of hydrogen-bond donors (Lipinski definition) is 2. The van der Waals surface area contributed by atoms with Gasteiger partial charge in [-0.3, -0.25) is 9.59 Å². The minimum Gasteiger partial charge on any atom is -0.378 e. The van der Waals surface area contributed by atoms with Crippen molar-refractivity contribution in [1.82, 2.24) is 5.32 Å². The van der Waals surface area contributed by atoms with E-state index < -0.39 is 18.1 Å². The van der Waals surface area contributed by atoms with Crippen molar-refractivity contribution in [2.75, 3.05) is 35.8 Å². The smallest absolute Gasteiger partial charge is 0.321 e. The molecular weight excluding hydrogens is 490 g/mol. The second-order valence-electron chi connectivity index (χ2n) is 10.2. The standard InChI is InChI=1S/C31H33N5O3/c1-35(2)24-16-10-15-23(19-24)32-31(39)34-29-30(38)36(20-27(37)21-11-6-7-12-21)26-18-9-8-17-25(26)28(33-29)22-13-4-3-5-14-22/h3-5,8-10,13-19,21,29H,6-7,11-12,20H2,1-2H3,(H2,32,34,39)/t29-/m0/s1. The quantitative estimate of drug-likeness (QED) is 0.463. The molecule has 3 aromatic carbocycles. The van der Waals surface area contributed by atoms with Crippen molar-refractivity contribution < 1.29 is 14.4 Å². The van der Waals surface area contributed by atoms with Gasteiger partial charge in [0, 0.05) is 42.5 Å². The Morgan fingerprint density at radius 1 is 0.949 bits per heavy atom. The van der Waals surface area contributed by atoms with Crippen LogP contribution in [0.2, 0.25) is 0 Å². The maximum absolute atomic E-state index is 14.0. The first-order valence-electron chi connectivity index (χ1n) is 13.3. The molecule has 0 saturated heterocycles. The third kappa shape index (κ3) is 5.85. The Kier molecular flexibility index (Phi) is 7.72. The first-order chi connectivity index (χ1) is 18.9. The van der Waals surface area contributed by atoms with Crippen LogP contribution in [0.1, 0.15) is 36.8 Å². The number of amides is 3. The fourth-order valence-electron chi connectivity index (χ4n) is 5.20. The minimum absolute atomic E-state index is 0.0404. The zero-order valence-electron chi connectivity index (χ0n) is 22.3. The molecule has 1 aliphatic heterocycles. The fraction of sp³-hybridized carbons (Fsp3) is 0.290. The second-order valence-corrected chi connectivity index (χ2v) is 10.2. The molecule has 0 spiro atoms. The molecule has 1 saturated carbocycles. The van der Waals surface area contributed by atoms with Crippen LogP contribution in [-0.2, 0) is 9.59 Å². The average Bonchev–Trinajstić information content (AvgIpc) is 3.46. The van der Waals surface area contributed by atoms with Crippen molar-refractivity contribution in [1.29, 1.82) is 0 Å². The molecule has 1 fully saturated rings. The summed E-state index contributed by atoms with van der Waals surface area (Å²) >= 11 is 0. The van der Waals surface area contributed by atoms with Crippen LogP contribution in [0.5, 0.6) is 0 Å². The van der Waals surface area contributed by atoms with Gasteiger partial charge in [-0.15, -0.1) is 0 Å². The number of urea groups is 1. The lowest BCUT2D eigenvalue weighted by Gasteiger charge is -2.26. The zero-order valence-corrected chi connectivity index (χ0v) is 22.3. The van der Waals surface area contributed by atoms with Gasteiger partial charge in [-0.25, -0.2) is 9.79 Å². The van der Waals surface area contributed by atoms with Gasteiger partial charge in [0.25, 0.3) is 5.91 Å². The lowest BCUT2D eigenvalue weighted by molar-refractivity contribution is -0.125. The van der Waals surface area contributed by atoms with Crippen molar-refractivity contribution in [3.05, 3.63) is 90.0 Å². The lowest BCUT2D eigenvalue weighted by atomic mass is 9.99. The van der Waals surface area contributed by atoms with Crippen LogP contribution in [0.3, 0.4) is 0 Å². The van der Waals surface area contributed by atoms with E-state index in [2.05, 4.69) is 10.6 Å². The molecule has 39 heavy (non-hydrogen) atoms. The van der Waals surface area contributed by atoms with Gasteiger partial charge >= 0.3 is 6.03 Å². The number of fused-ring (bicyclic) bond motifs is 1. The van der Waals surface area contributed by atoms with E-state index in [1.165, 1.54) is 4.90 Å². The second kappa shape index (κ2) is 11.5. The molecule has 2 N–H and O–H groups in total. The number of carbonyl (C=O) groups excluding carboxylic acids is 3. The Bertz CT molecular complexity index is 1400. The number of para-hydroxylation sites is 1. The first-order valence-corrected chi connectivity index (χ1v) is 13.3. The van der Waals surface area contributed by atoms with Crippen LogP contribution in [0.15, 0.2) is 83.9 Å². The molecule has 0 aromatic heterocycles. The molecule has 8 heteroatoms. The maximum atomic E-state index is 14.0. The monoisotopic (exact) mass is 523 g/mol. The first kappa shape index (κ1) is 26.2. The summed E-state index contributed by atoms with van der Waals surface area (Å²) in [4.78, 5) is 48.6.